The number of carboxylic acid groups (broad SMARTS) is 2. The molecule has 0 aromatic carbocycles. The summed E-state index contributed by atoms with van der Waals surface area (Å²) in [5.41, 5.74) is 0. The second-order valence-corrected chi connectivity index (χ2v) is 0.250. The standard InChI is InChI=1S/CH2O3.2Cu.H2O/c2-1(3)4;;;/h(H2,2,3,4);;;1H2/q;2*+2;/p-3. The molecule has 0 bridgehead atoms. The van der Waals surface area contributed by atoms with E-state index in [9.17, 15) is 0 Å². The molecule has 2 radical (unpaired) electrons. The molecule has 6 heteroatoms. The number of rotatable bonds is 0. The van der Waals surface area contributed by atoms with E-state index in [0.29, 0.717) is 0 Å². The molecule has 0 unspecified atom stereocenters. The second kappa shape index (κ2) is 16.3. The molecule has 1 N–H and O–H groups in total. The monoisotopic (exact) mass is 203 g/mol. The number of hydrogen-bond acceptors (Lipinski definition) is 4. The van der Waals surface area contributed by atoms with Gasteiger partial charge < -0.3 is 20.5 Å². The third-order valence-electron chi connectivity index (χ3n) is 0. The molecule has 0 aliphatic carbocycles. The maximum atomic E-state index is 8.33. The Kier molecular flexibility index (Phi) is 62.2. The Morgan fingerprint density at radius 2 is 1.14 bits per heavy atom. The topological polar surface area (TPSA) is 93.2 Å². The van der Waals surface area contributed by atoms with Crippen molar-refractivity contribution in [2.24, 2.45) is 0 Å². The molecule has 4 nitrogen and oxygen atoms in total. The van der Waals surface area contributed by atoms with Crippen LogP contribution in [0.25, 0.3) is 0 Å². The first kappa shape index (κ1) is 26.7. The SMILES string of the molecule is O=C([O-])[O-].[Cu+2].[Cu+2].[OH-]. The molecule has 0 aromatic heterocycles. The van der Waals surface area contributed by atoms with Crippen LogP contribution in [0.3, 0.4) is 0 Å². The molecule has 0 spiro atoms. The predicted molar refractivity (Wildman–Crippen MR) is 7.33 cm³/mol. The molecule has 0 fully saturated rings. The van der Waals surface area contributed by atoms with Crippen molar-refractivity contribution in [2.45, 2.75) is 0 Å². The van der Waals surface area contributed by atoms with Crippen LogP contribution in [0.5, 0.6) is 0 Å². The van der Waals surface area contributed by atoms with E-state index in [-0.39, 0.29) is 39.6 Å². The number of carbonyl (C=O) groups is 1. The van der Waals surface area contributed by atoms with Gasteiger partial charge in [-0.3, -0.25) is 0 Å². The molecule has 0 aliphatic heterocycles. The molecule has 0 saturated carbocycles. The fraction of sp³-hybridized carbons (Fsp3) is 0. The van der Waals surface area contributed by atoms with Crippen LogP contribution < -0.4 is 10.2 Å². The van der Waals surface area contributed by atoms with Gasteiger partial charge in [0.25, 0.3) is 0 Å². The summed E-state index contributed by atoms with van der Waals surface area (Å²) in [5, 5.41) is 16.7. The van der Waals surface area contributed by atoms with E-state index in [2.05, 4.69) is 0 Å². The first-order valence-electron chi connectivity index (χ1n) is 0.612. The summed E-state index contributed by atoms with van der Waals surface area (Å²) in [5.74, 6) is 0. The van der Waals surface area contributed by atoms with Crippen molar-refractivity contribution in [1.29, 1.82) is 0 Å². The summed E-state index contributed by atoms with van der Waals surface area (Å²) < 4.78 is 0. The van der Waals surface area contributed by atoms with Gasteiger partial charge in [-0.1, -0.05) is 0 Å². The van der Waals surface area contributed by atoms with E-state index in [4.69, 9.17) is 15.0 Å². The van der Waals surface area contributed by atoms with Crippen molar-refractivity contribution in [3.05, 3.63) is 0 Å². The van der Waals surface area contributed by atoms with Crippen LogP contribution in [0, 0.1) is 0 Å². The number of hydrogen-bond donors (Lipinski definition) is 0. The molecule has 0 amide bonds. The first-order valence-corrected chi connectivity index (χ1v) is 0.612. The normalized spacial score (nSPS) is 3.43. The van der Waals surface area contributed by atoms with E-state index in [0.717, 1.165) is 0 Å². The summed E-state index contributed by atoms with van der Waals surface area (Å²) in [6, 6.07) is 0. The molecular formula is CHCu2O4+. The average molecular weight is 204 g/mol. The van der Waals surface area contributed by atoms with E-state index in [1.807, 2.05) is 0 Å². The van der Waals surface area contributed by atoms with Crippen LogP contribution >= 0.6 is 0 Å². The first-order chi connectivity index (χ1) is 1.73. The number of carbonyl (C=O) groups excluding carboxylic acids is 1. The van der Waals surface area contributed by atoms with Crippen LogP contribution in [-0.2, 0) is 34.1 Å². The quantitative estimate of drug-likeness (QED) is 0.403. The summed E-state index contributed by atoms with van der Waals surface area (Å²) in [6.45, 7) is 0. The fourth-order valence-corrected chi connectivity index (χ4v) is 0. The summed E-state index contributed by atoms with van der Waals surface area (Å²) in [4.78, 5) is 8.33. The van der Waals surface area contributed by atoms with E-state index >= 15 is 0 Å². The molecule has 50 valence electrons. The zero-order valence-corrected chi connectivity index (χ0v) is 4.66. The Morgan fingerprint density at radius 1 is 1.14 bits per heavy atom. The van der Waals surface area contributed by atoms with Crippen LogP contribution in [-0.4, -0.2) is 11.6 Å². The van der Waals surface area contributed by atoms with Crippen molar-refractivity contribution >= 4 is 6.16 Å². The smallest absolute Gasteiger partial charge is 0.870 e. The van der Waals surface area contributed by atoms with Gasteiger partial charge in [0.1, 0.15) is 0 Å². The largest absolute Gasteiger partial charge is 2.00 e. The van der Waals surface area contributed by atoms with Gasteiger partial charge in [-0.2, -0.15) is 0 Å². The minimum atomic E-state index is -2.33. The molecule has 7 heavy (non-hydrogen) atoms. The maximum absolute atomic E-state index is 8.33. The molecule has 0 aliphatic rings. The van der Waals surface area contributed by atoms with Crippen molar-refractivity contribution < 1.29 is 54.6 Å². The molecule has 0 saturated heterocycles. The molecule has 0 atom stereocenters. The van der Waals surface area contributed by atoms with E-state index < -0.39 is 6.16 Å². The molecule has 0 rings (SSSR count). The van der Waals surface area contributed by atoms with Crippen LogP contribution in [0.4, 0.5) is 4.79 Å². The summed E-state index contributed by atoms with van der Waals surface area (Å²) in [6.07, 6.45) is -2.33. The van der Waals surface area contributed by atoms with Crippen molar-refractivity contribution in [1.82, 2.24) is 0 Å². The van der Waals surface area contributed by atoms with Crippen LogP contribution in [0.15, 0.2) is 0 Å². The van der Waals surface area contributed by atoms with Crippen LogP contribution in [0.2, 0.25) is 0 Å². The summed E-state index contributed by atoms with van der Waals surface area (Å²) in [7, 11) is 0. The molecular weight excluding hydrogens is 203 g/mol. The van der Waals surface area contributed by atoms with Gasteiger partial charge in [0.2, 0.25) is 0 Å². The Morgan fingerprint density at radius 3 is 1.14 bits per heavy atom. The average Bonchev–Trinajstić information content (AvgIpc) is 0.811. The maximum Gasteiger partial charge on any atom is 2.00 e. The Hall–Kier alpha value is 0.269. The van der Waals surface area contributed by atoms with Crippen molar-refractivity contribution in [3.8, 4) is 0 Å². The Bertz CT molecular complexity index is 32.7. The summed E-state index contributed by atoms with van der Waals surface area (Å²) >= 11 is 0. The van der Waals surface area contributed by atoms with Gasteiger partial charge >= 0.3 is 34.1 Å². The third-order valence-corrected chi connectivity index (χ3v) is 0. The van der Waals surface area contributed by atoms with Crippen molar-refractivity contribution in [2.75, 3.05) is 0 Å². The molecule has 0 heterocycles. The minimum absolute atomic E-state index is 0. The Balaban J connectivity index is -0.0000000150. The zero-order chi connectivity index (χ0) is 3.58. The Labute approximate surface area is 61.2 Å². The minimum Gasteiger partial charge on any atom is -0.870 e. The van der Waals surface area contributed by atoms with Gasteiger partial charge in [-0.05, 0) is 6.16 Å². The third kappa shape index (κ3) is 1580. The fourth-order valence-electron chi connectivity index (χ4n) is 0. The van der Waals surface area contributed by atoms with Gasteiger partial charge in [0.05, 0.1) is 0 Å². The van der Waals surface area contributed by atoms with Crippen molar-refractivity contribution in [3.63, 3.8) is 0 Å². The predicted octanol–water partition coefficient (Wildman–Crippen LogP) is -2.63. The van der Waals surface area contributed by atoms with Gasteiger partial charge in [-0.25, -0.2) is 0 Å². The zero-order valence-electron chi connectivity index (χ0n) is 2.77. The van der Waals surface area contributed by atoms with Gasteiger partial charge in [0.15, 0.2) is 0 Å². The van der Waals surface area contributed by atoms with E-state index in [1.54, 1.807) is 0 Å². The van der Waals surface area contributed by atoms with Gasteiger partial charge in [0, 0.05) is 0 Å². The molecule has 0 aromatic rings. The van der Waals surface area contributed by atoms with E-state index in [1.165, 1.54) is 0 Å². The van der Waals surface area contributed by atoms with Gasteiger partial charge in [-0.15, -0.1) is 0 Å². The van der Waals surface area contributed by atoms with Crippen LogP contribution in [0.1, 0.15) is 0 Å². The second-order valence-electron chi connectivity index (χ2n) is 0.250.